The Labute approximate surface area is 101 Å². The van der Waals surface area contributed by atoms with Gasteiger partial charge in [-0.1, -0.05) is 45.4 Å². The Morgan fingerprint density at radius 1 is 0.875 bits per heavy atom. The monoisotopic (exact) mass is 223 g/mol. The minimum Gasteiger partial charge on any atom is -0.328 e. The molecule has 0 radical (unpaired) electrons. The Morgan fingerprint density at radius 2 is 1.56 bits per heavy atom. The summed E-state index contributed by atoms with van der Waals surface area (Å²) in [5.41, 5.74) is 6.19. The first-order chi connectivity index (χ1) is 7.79. The number of hydrogen-bond donors (Lipinski definition) is 1. The highest BCUT2D eigenvalue weighted by Gasteiger charge is 2.28. The molecule has 0 aromatic heterocycles. The van der Waals surface area contributed by atoms with Crippen LogP contribution in [0.4, 0.5) is 0 Å². The van der Waals surface area contributed by atoms with Crippen molar-refractivity contribution >= 4 is 0 Å². The molecule has 2 rings (SSSR count). The lowest BCUT2D eigenvalue weighted by Crippen LogP contribution is -2.27. The van der Waals surface area contributed by atoms with E-state index < -0.39 is 0 Å². The number of hydrogen-bond acceptors (Lipinski definition) is 1. The highest BCUT2D eigenvalue weighted by atomic mass is 14.6. The van der Waals surface area contributed by atoms with E-state index in [0.29, 0.717) is 6.04 Å². The molecule has 2 fully saturated rings. The Balaban J connectivity index is 1.82. The van der Waals surface area contributed by atoms with Gasteiger partial charge in [0.2, 0.25) is 0 Å². The summed E-state index contributed by atoms with van der Waals surface area (Å²) in [7, 11) is 0. The number of nitrogens with two attached hydrogens (primary N) is 1. The van der Waals surface area contributed by atoms with Gasteiger partial charge in [0.25, 0.3) is 0 Å². The molecule has 0 amide bonds. The molecule has 1 heteroatoms. The fraction of sp³-hybridized carbons (Fsp3) is 1.00. The topological polar surface area (TPSA) is 26.0 Å². The molecule has 0 heterocycles. The third-order valence-corrected chi connectivity index (χ3v) is 5.14. The molecule has 0 saturated heterocycles. The molecule has 0 aliphatic heterocycles. The zero-order chi connectivity index (χ0) is 11.4. The molecule has 94 valence electrons. The van der Waals surface area contributed by atoms with E-state index in [1.54, 1.807) is 0 Å². The van der Waals surface area contributed by atoms with Crippen molar-refractivity contribution in [1.82, 2.24) is 0 Å². The van der Waals surface area contributed by atoms with Gasteiger partial charge in [0.15, 0.2) is 0 Å². The first-order valence-corrected chi connectivity index (χ1v) is 7.55. The molecular formula is C15H29N. The summed E-state index contributed by atoms with van der Waals surface area (Å²) < 4.78 is 0. The second-order valence-corrected chi connectivity index (χ2v) is 6.23. The molecule has 2 N–H and O–H groups in total. The van der Waals surface area contributed by atoms with Crippen LogP contribution in [-0.4, -0.2) is 6.04 Å². The van der Waals surface area contributed by atoms with E-state index in [1.165, 1.54) is 64.2 Å². The maximum Gasteiger partial charge on any atom is 0.00415 e. The molecule has 0 bridgehead atoms. The van der Waals surface area contributed by atoms with E-state index in [9.17, 15) is 0 Å². The maximum atomic E-state index is 6.19. The van der Waals surface area contributed by atoms with Crippen LogP contribution in [0, 0.1) is 17.8 Å². The summed E-state index contributed by atoms with van der Waals surface area (Å²) in [6, 6.07) is 0.511. The van der Waals surface area contributed by atoms with E-state index in [1.807, 2.05) is 0 Å². The van der Waals surface area contributed by atoms with Gasteiger partial charge in [-0.3, -0.25) is 0 Å². The summed E-state index contributed by atoms with van der Waals surface area (Å²) in [6.07, 6.45) is 14.3. The van der Waals surface area contributed by atoms with E-state index >= 15 is 0 Å². The van der Waals surface area contributed by atoms with Crippen LogP contribution >= 0.6 is 0 Å². The van der Waals surface area contributed by atoms with Gasteiger partial charge in [-0.25, -0.2) is 0 Å². The van der Waals surface area contributed by atoms with Crippen LogP contribution in [0.5, 0.6) is 0 Å². The Hall–Kier alpha value is -0.0400. The average molecular weight is 223 g/mol. The van der Waals surface area contributed by atoms with Crippen molar-refractivity contribution in [2.45, 2.75) is 77.2 Å². The molecule has 2 atom stereocenters. The summed E-state index contributed by atoms with van der Waals surface area (Å²) in [5.74, 6) is 3.03. The maximum absolute atomic E-state index is 6.19. The predicted molar refractivity (Wildman–Crippen MR) is 70.3 cm³/mol. The zero-order valence-corrected chi connectivity index (χ0v) is 11.0. The van der Waals surface area contributed by atoms with Gasteiger partial charge >= 0.3 is 0 Å². The zero-order valence-electron chi connectivity index (χ0n) is 11.0. The highest BCUT2D eigenvalue weighted by Crippen LogP contribution is 2.39. The standard InChI is InChI=1S/C15H29N/c1-2-12-7-9-13(10-8-12)14-5-3-4-6-15(16)11-14/h12-15H,2-11,16H2,1H3. The van der Waals surface area contributed by atoms with Crippen LogP contribution in [0.15, 0.2) is 0 Å². The first-order valence-electron chi connectivity index (χ1n) is 7.55. The van der Waals surface area contributed by atoms with E-state index in [4.69, 9.17) is 5.73 Å². The molecule has 16 heavy (non-hydrogen) atoms. The fourth-order valence-electron chi connectivity index (χ4n) is 3.93. The Bertz CT molecular complexity index is 194. The summed E-state index contributed by atoms with van der Waals surface area (Å²) in [6.45, 7) is 2.35. The summed E-state index contributed by atoms with van der Waals surface area (Å²) in [4.78, 5) is 0. The fourth-order valence-corrected chi connectivity index (χ4v) is 3.93. The van der Waals surface area contributed by atoms with E-state index in [-0.39, 0.29) is 0 Å². The molecule has 0 aromatic rings. The lowest BCUT2D eigenvalue weighted by Gasteiger charge is -2.34. The van der Waals surface area contributed by atoms with Crippen LogP contribution in [0.3, 0.4) is 0 Å². The minimum atomic E-state index is 0.511. The van der Waals surface area contributed by atoms with Crippen molar-refractivity contribution < 1.29 is 0 Å². The molecule has 1 nitrogen and oxygen atoms in total. The average Bonchev–Trinajstić information content (AvgIpc) is 2.54. The molecular weight excluding hydrogens is 194 g/mol. The molecule has 2 unspecified atom stereocenters. The normalized spacial score (nSPS) is 41.6. The van der Waals surface area contributed by atoms with Gasteiger partial charge < -0.3 is 5.73 Å². The lowest BCUT2D eigenvalue weighted by atomic mass is 9.72. The third kappa shape index (κ3) is 3.23. The largest absolute Gasteiger partial charge is 0.328 e. The van der Waals surface area contributed by atoms with Crippen molar-refractivity contribution in [3.63, 3.8) is 0 Å². The molecule has 2 aliphatic rings. The highest BCUT2D eigenvalue weighted by molar-refractivity contribution is 4.82. The van der Waals surface area contributed by atoms with Gasteiger partial charge in [-0.2, -0.15) is 0 Å². The Morgan fingerprint density at radius 3 is 2.25 bits per heavy atom. The second kappa shape index (κ2) is 6.05. The van der Waals surface area contributed by atoms with Crippen LogP contribution in [0.2, 0.25) is 0 Å². The third-order valence-electron chi connectivity index (χ3n) is 5.14. The van der Waals surface area contributed by atoms with Gasteiger partial charge in [0, 0.05) is 6.04 Å². The van der Waals surface area contributed by atoms with Gasteiger partial charge in [0.1, 0.15) is 0 Å². The van der Waals surface area contributed by atoms with Crippen molar-refractivity contribution in [3.05, 3.63) is 0 Å². The molecule has 2 saturated carbocycles. The van der Waals surface area contributed by atoms with Crippen LogP contribution in [0.25, 0.3) is 0 Å². The van der Waals surface area contributed by atoms with Crippen molar-refractivity contribution in [1.29, 1.82) is 0 Å². The quantitative estimate of drug-likeness (QED) is 0.700. The van der Waals surface area contributed by atoms with Crippen molar-refractivity contribution in [3.8, 4) is 0 Å². The Kier molecular flexibility index (Phi) is 4.69. The van der Waals surface area contributed by atoms with Crippen LogP contribution in [-0.2, 0) is 0 Å². The number of rotatable bonds is 2. The predicted octanol–water partition coefficient (Wildman–Crippen LogP) is 4.11. The van der Waals surface area contributed by atoms with Crippen molar-refractivity contribution in [2.75, 3.05) is 0 Å². The van der Waals surface area contributed by atoms with Crippen LogP contribution < -0.4 is 5.73 Å². The first kappa shape index (κ1) is 12.4. The van der Waals surface area contributed by atoms with Crippen molar-refractivity contribution in [2.24, 2.45) is 23.5 Å². The molecule has 0 spiro atoms. The SMILES string of the molecule is CCC1CCC(C2CCCCC(N)C2)CC1. The van der Waals surface area contributed by atoms with Gasteiger partial charge in [0.05, 0.1) is 0 Å². The summed E-state index contributed by atoms with van der Waals surface area (Å²) in [5, 5.41) is 0. The van der Waals surface area contributed by atoms with E-state index in [2.05, 4.69) is 6.92 Å². The minimum absolute atomic E-state index is 0.511. The van der Waals surface area contributed by atoms with Gasteiger partial charge in [-0.15, -0.1) is 0 Å². The second-order valence-electron chi connectivity index (χ2n) is 6.23. The van der Waals surface area contributed by atoms with E-state index in [0.717, 1.165) is 17.8 Å². The molecule has 2 aliphatic carbocycles. The smallest absolute Gasteiger partial charge is 0.00415 e. The van der Waals surface area contributed by atoms with Crippen LogP contribution in [0.1, 0.15) is 71.1 Å². The lowest BCUT2D eigenvalue weighted by molar-refractivity contribution is 0.183. The van der Waals surface area contributed by atoms with Gasteiger partial charge in [-0.05, 0) is 43.4 Å². The molecule has 0 aromatic carbocycles. The summed E-state index contributed by atoms with van der Waals surface area (Å²) >= 11 is 0.